The zero-order chi connectivity index (χ0) is 37.6. The van der Waals surface area contributed by atoms with Crippen molar-refractivity contribution in [3.05, 3.63) is 24.3 Å². The van der Waals surface area contributed by atoms with Crippen LogP contribution in [0.15, 0.2) is 24.3 Å². The Morgan fingerprint density at radius 2 is 1.10 bits per heavy atom. The normalized spacial score (nSPS) is 12.9. The molecule has 0 amide bonds. The quantitative estimate of drug-likeness (QED) is 0.0220. The van der Waals surface area contributed by atoms with E-state index in [1.54, 1.807) is 0 Å². The lowest BCUT2D eigenvalue weighted by Crippen LogP contribution is -2.25. The Balaban J connectivity index is 4.34. The van der Waals surface area contributed by atoms with Crippen LogP contribution in [-0.4, -0.2) is 68.9 Å². The largest absolute Gasteiger partial charge is 0.465 e. The van der Waals surface area contributed by atoms with E-state index < -0.39 is 18.2 Å². The van der Waals surface area contributed by atoms with E-state index in [1.165, 1.54) is 12.8 Å². The maximum absolute atomic E-state index is 12.6. The zero-order valence-corrected chi connectivity index (χ0v) is 33.1. The van der Waals surface area contributed by atoms with Gasteiger partial charge in [-0.1, -0.05) is 90.5 Å². The van der Waals surface area contributed by atoms with Crippen molar-refractivity contribution in [1.29, 1.82) is 0 Å². The zero-order valence-electron chi connectivity index (χ0n) is 33.1. The molecule has 0 rings (SSSR count). The molecule has 0 aromatic heterocycles. The number of carbonyl (C=O) groups excluding carboxylic acids is 3. The van der Waals surface area contributed by atoms with Gasteiger partial charge in [-0.2, -0.15) is 0 Å². The summed E-state index contributed by atoms with van der Waals surface area (Å²) in [5, 5.41) is 9.75. The number of unbranched alkanes of at least 4 members (excludes halogenated alkanes) is 10. The Labute approximate surface area is 311 Å². The van der Waals surface area contributed by atoms with E-state index >= 15 is 0 Å². The standard InChI is InChI=1S/C42H76O9/c1-5-9-13-16-18-23-31-47-41(48-32-24-19-17-14-10-6-2)30-29-40(45)51-36-37(34-43)35-50-39(44)28-22-20-25-33-49-42(46)38(26-12-8-4)27-21-15-11-7-3/h9-10,13-14,37-38,41,43H,5-8,11-12,15-36H2,1-4H3/b13-9-,14-10-. The summed E-state index contributed by atoms with van der Waals surface area (Å²) < 4.78 is 28.3. The minimum absolute atomic E-state index is 0.00805. The number of carbonyl (C=O) groups is 3. The maximum atomic E-state index is 12.6. The van der Waals surface area contributed by atoms with E-state index in [0.29, 0.717) is 39.1 Å². The van der Waals surface area contributed by atoms with Gasteiger partial charge in [-0.15, -0.1) is 0 Å². The van der Waals surface area contributed by atoms with Gasteiger partial charge >= 0.3 is 17.9 Å². The topological polar surface area (TPSA) is 118 Å². The molecule has 298 valence electrons. The highest BCUT2D eigenvalue weighted by Crippen LogP contribution is 2.19. The summed E-state index contributed by atoms with van der Waals surface area (Å²) in [6.07, 6.45) is 27.7. The van der Waals surface area contributed by atoms with Crippen molar-refractivity contribution in [2.75, 3.05) is 39.6 Å². The molecule has 9 nitrogen and oxygen atoms in total. The number of ether oxygens (including phenoxy) is 5. The molecule has 0 aliphatic heterocycles. The highest BCUT2D eigenvalue weighted by molar-refractivity contribution is 5.72. The smallest absolute Gasteiger partial charge is 0.308 e. The molecule has 0 aliphatic carbocycles. The van der Waals surface area contributed by atoms with Gasteiger partial charge in [-0.3, -0.25) is 14.4 Å². The van der Waals surface area contributed by atoms with Crippen molar-refractivity contribution in [2.24, 2.45) is 11.8 Å². The number of esters is 3. The molecule has 0 aromatic rings. The molecule has 0 radical (unpaired) electrons. The van der Waals surface area contributed by atoms with Crippen molar-refractivity contribution in [3.63, 3.8) is 0 Å². The number of hydrogen-bond donors (Lipinski definition) is 1. The molecular formula is C42H76O9. The fourth-order valence-electron chi connectivity index (χ4n) is 5.38. The molecule has 51 heavy (non-hydrogen) atoms. The van der Waals surface area contributed by atoms with Gasteiger partial charge in [0.05, 0.1) is 44.7 Å². The van der Waals surface area contributed by atoms with Gasteiger partial charge in [-0.05, 0) is 83.5 Å². The lowest BCUT2D eigenvalue weighted by molar-refractivity contribution is -0.161. The van der Waals surface area contributed by atoms with Crippen LogP contribution in [0, 0.1) is 11.8 Å². The van der Waals surface area contributed by atoms with E-state index in [1.807, 2.05) is 0 Å². The van der Waals surface area contributed by atoms with Gasteiger partial charge in [0.15, 0.2) is 6.29 Å². The van der Waals surface area contributed by atoms with E-state index in [2.05, 4.69) is 52.0 Å². The van der Waals surface area contributed by atoms with Crippen LogP contribution >= 0.6 is 0 Å². The van der Waals surface area contributed by atoms with Crippen molar-refractivity contribution >= 4 is 17.9 Å². The predicted molar refractivity (Wildman–Crippen MR) is 205 cm³/mol. The fourth-order valence-corrected chi connectivity index (χ4v) is 5.38. The lowest BCUT2D eigenvalue weighted by Gasteiger charge is -2.19. The second-order valence-corrected chi connectivity index (χ2v) is 13.5. The lowest BCUT2D eigenvalue weighted by atomic mass is 9.95. The molecule has 1 N–H and O–H groups in total. The minimum atomic E-state index is -0.494. The first kappa shape index (κ1) is 48.8. The van der Waals surface area contributed by atoms with Crippen LogP contribution in [0.3, 0.4) is 0 Å². The van der Waals surface area contributed by atoms with Gasteiger partial charge in [0.1, 0.15) is 0 Å². The van der Waals surface area contributed by atoms with Crippen LogP contribution in [0.5, 0.6) is 0 Å². The molecule has 0 aliphatic rings. The van der Waals surface area contributed by atoms with Gasteiger partial charge in [-0.25, -0.2) is 0 Å². The highest BCUT2D eigenvalue weighted by Gasteiger charge is 2.20. The monoisotopic (exact) mass is 725 g/mol. The summed E-state index contributed by atoms with van der Waals surface area (Å²) in [5.74, 6) is -1.35. The Morgan fingerprint density at radius 3 is 1.67 bits per heavy atom. The fraction of sp³-hybridized carbons (Fsp3) is 0.833. The second kappa shape index (κ2) is 37.5. The molecule has 0 bridgehead atoms. The Morgan fingerprint density at radius 1 is 0.549 bits per heavy atom. The number of hydrogen-bond acceptors (Lipinski definition) is 9. The van der Waals surface area contributed by atoms with Crippen LogP contribution in [0.4, 0.5) is 0 Å². The predicted octanol–water partition coefficient (Wildman–Crippen LogP) is 9.97. The van der Waals surface area contributed by atoms with Crippen molar-refractivity contribution in [1.82, 2.24) is 0 Å². The summed E-state index contributed by atoms with van der Waals surface area (Å²) in [6, 6.07) is 0. The van der Waals surface area contributed by atoms with E-state index in [-0.39, 0.29) is 50.5 Å². The Kier molecular flexibility index (Phi) is 35.9. The molecule has 9 heteroatoms. The summed E-state index contributed by atoms with van der Waals surface area (Å²) in [5.41, 5.74) is 0. The minimum Gasteiger partial charge on any atom is -0.465 e. The Hall–Kier alpha value is -2.23. The van der Waals surface area contributed by atoms with Gasteiger partial charge in [0.25, 0.3) is 0 Å². The third-order valence-corrected chi connectivity index (χ3v) is 8.66. The molecular weight excluding hydrogens is 648 g/mol. The van der Waals surface area contributed by atoms with Crippen molar-refractivity contribution < 1.29 is 43.2 Å². The number of aliphatic hydroxyl groups excluding tert-OH is 1. The molecule has 2 unspecified atom stereocenters. The highest BCUT2D eigenvalue weighted by atomic mass is 16.7. The molecule has 0 fully saturated rings. The van der Waals surface area contributed by atoms with E-state index in [9.17, 15) is 19.5 Å². The molecule has 0 saturated heterocycles. The summed E-state index contributed by atoms with van der Waals surface area (Å²) in [7, 11) is 0. The van der Waals surface area contributed by atoms with Crippen LogP contribution in [0.1, 0.15) is 169 Å². The SMILES string of the molecule is CC/C=C\CCCCOC(CCC(=O)OCC(CO)COC(=O)CCCCCOC(=O)C(CCCC)CCCCCC)OCCCC/C=C\CC. The number of allylic oxidation sites excluding steroid dienone is 4. The third kappa shape index (κ3) is 32.2. The first-order valence-corrected chi connectivity index (χ1v) is 20.5. The third-order valence-electron chi connectivity index (χ3n) is 8.66. The number of rotatable bonds is 37. The average Bonchev–Trinajstić information content (AvgIpc) is 3.13. The number of aliphatic hydroxyl groups is 1. The van der Waals surface area contributed by atoms with Crippen LogP contribution in [-0.2, 0) is 38.1 Å². The molecule has 0 heterocycles. The first-order chi connectivity index (χ1) is 24.9. The maximum Gasteiger partial charge on any atom is 0.308 e. The van der Waals surface area contributed by atoms with Crippen LogP contribution < -0.4 is 0 Å². The molecule has 0 spiro atoms. The van der Waals surface area contributed by atoms with Crippen LogP contribution in [0.2, 0.25) is 0 Å². The molecule has 2 atom stereocenters. The molecule has 0 saturated carbocycles. The van der Waals surface area contributed by atoms with Gasteiger partial charge in [0.2, 0.25) is 0 Å². The molecule has 0 aromatic carbocycles. The van der Waals surface area contributed by atoms with Crippen molar-refractivity contribution in [2.45, 2.75) is 175 Å². The second-order valence-electron chi connectivity index (χ2n) is 13.5. The Bertz CT molecular complexity index is 848. The van der Waals surface area contributed by atoms with Crippen molar-refractivity contribution in [3.8, 4) is 0 Å². The average molecular weight is 725 g/mol. The van der Waals surface area contributed by atoms with Gasteiger partial charge < -0.3 is 28.8 Å². The van der Waals surface area contributed by atoms with E-state index in [0.717, 1.165) is 96.3 Å². The van der Waals surface area contributed by atoms with Gasteiger partial charge in [0, 0.05) is 26.1 Å². The van der Waals surface area contributed by atoms with E-state index in [4.69, 9.17) is 23.7 Å². The summed E-state index contributed by atoms with van der Waals surface area (Å²) in [4.78, 5) is 37.4. The van der Waals surface area contributed by atoms with Crippen LogP contribution in [0.25, 0.3) is 0 Å². The summed E-state index contributed by atoms with van der Waals surface area (Å²) >= 11 is 0. The summed E-state index contributed by atoms with van der Waals surface area (Å²) in [6.45, 7) is 9.77. The first-order valence-electron chi connectivity index (χ1n) is 20.5.